The van der Waals surface area contributed by atoms with Crippen LogP contribution < -0.4 is 5.73 Å². The van der Waals surface area contributed by atoms with E-state index in [9.17, 15) is 0 Å². The number of rotatable bonds is 1. The minimum atomic E-state index is 0.352. The summed E-state index contributed by atoms with van der Waals surface area (Å²) in [5, 5.41) is 8.19. The molecule has 0 aliphatic rings. The van der Waals surface area contributed by atoms with Crippen LogP contribution in [0, 0.1) is 6.92 Å². The Morgan fingerprint density at radius 1 is 1.38 bits per heavy atom. The molecule has 0 fully saturated rings. The fourth-order valence-electron chi connectivity index (χ4n) is 1.72. The van der Waals surface area contributed by atoms with Gasteiger partial charge in [0.15, 0.2) is 0 Å². The summed E-state index contributed by atoms with van der Waals surface area (Å²) in [5.74, 6) is 0.352. The van der Waals surface area contributed by atoms with E-state index in [1.807, 2.05) is 31.3 Å². The predicted molar refractivity (Wildman–Crippen MR) is 59.8 cm³/mol. The zero-order valence-corrected chi connectivity index (χ0v) is 8.71. The van der Waals surface area contributed by atoms with Crippen LogP contribution in [0.15, 0.2) is 35.1 Å². The fourth-order valence-corrected chi connectivity index (χ4v) is 1.72. The third kappa shape index (κ3) is 1.11. The van der Waals surface area contributed by atoms with E-state index in [4.69, 9.17) is 10.3 Å². The molecule has 0 saturated carbocycles. The zero-order valence-electron chi connectivity index (χ0n) is 8.71. The standard InChI is InChI=1S/C11H10N4O/c1-7-10(14-16-11(7)12)8-6-13-15-5-3-2-4-9(8)15/h2-6H,12H2,1H3. The number of pyridine rings is 1. The number of aromatic nitrogens is 3. The van der Waals surface area contributed by atoms with Gasteiger partial charge in [-0.3, -0.25) is 0 Å². The minimum Gasteiger partial charge on any atom is -0.367 e. The first-order chi connectivity index (χ1) is 7.77. The highest BCUT2D eigenvalue weighted by Crippen LogP contribution is 2.28. The molecular weight excluding hydrogens is 204 g/mol. The highest BCUT2D eigenvalue weighted by Gasteiger charge is 2.15. The van der Waals surface area contributed by atoms with Gasteiger partial charge >= 0.3 is 0 Å². The lowest BCUT2D eigenvalue weighted by atomic mass is 10.1. The second-order valence-electron chi connectivity index (χ2n) is 3.61. The normalized spacial score (nSPS) is 11.1. The molecule has 0 saturated heterocycles. The summed E-state index contributed by atoms with van der Waals surface area (Å²) in [6.07, 6.45) is 3.65. The molecule has 0 bridgehead atoms. The number of hydrogen-bond donors (Lipinski definition) is 1. The molecule has 3 rings (SSSR count). The van der Waals surface area contributed by atoms with E-state index in [0.29, 0.717) is 5.88 Å². The highest BCUT2D eigenvalue weighted by atomic mass is 16.5. The van der Waals surface area contributed by atoms with Crippen LogP contribution in [0.1, 0.15) is 5.56 Å². The molecule has 0 atom stereocenters. The van der Waals surface area contributed by atoms with Crippen LogP contribution in [-0.2, 0) is 0 Å². The highest BCUT2D eigenvalue weighted by molar-refractivity contribution is 5.80. The summed E-state index contributed by atoms with van der Waals surface area (Å²) >= 11 is 0. The molecular formula is C11H10N4O. The lowest BCUT2D eigenvalue weighted by Crippen LogP contribution is -1.86. The van der Waals surface area contributed by atoms with Crippen LogP contribution in [-0.4, -0.2) is 14.8 Å². The summed E-state index contributed by atoms with van der Waals surface area (Å²) in [6.45, 7) is 1.88. The third-order valence-corrected chi connectivity index (χ3v) is 2.64. The van der Waals surface area contributed by atoms with E-state index in [1.165, 1.54) is 0 Å². The zero-order chi connectivity index (χ0) is 11.1. The Bertz CT molecular complexity index is 653. The van der Waals surface area contributed by atoms with Gasteiger partial charge in [0, 0.05) is 17.3 Å². The Hall–Kier alpha value is -2.30. The Morgan fingerprint density at radius 3 is 3.00 bits per heavy atom. The Morgan fingerprint density at radius 2 is 2.25 bits per heavy atom. The topological polar surface area (TPSA) is 69.3 Å². The molecule has 80 valence electrons. The van der Waals surface area contributed by atoms with E-state index in [0.717, 1.165) is 22.3 Å². The number of nitrogen functional groups attached to an aromatic ring is 1. The Balaban J connectivity index is 2.30. The van der Waals surface area contributed by atoms with Gasteiger partial charge in [-0.05, 0) is 19.1 Å². The van der Waals surface area contributed by atoms with Gasteiger partial charge in [-0.15, -0.1) is 0 Å². The largest absolute Gasteiger partial charge is 0.367 e. The molecule has 3 heterocycles. The van der Waals surface area contributed by atoms with Crippen molar-refractivity contribution in [1.29, 1.82) is 0 Å². The van der Waals surface area contributed by atoms with Gasteiger partial charge in [-0.2, -0.15) is 5.10 Å². The predicted octanol–water partition coefficient (Wildman–Crippen LogP) is 1.88. The van der Waals surface area contributed by atoms with Crippen molar-refractivity contribution in [2.24, 2.45) is 0 Å². The monoisotopic (exact) mass is 214 g/mol. The summed E-state index contributed by atoms with van der Waals surface area (Å²) in [7, 11) is 0. The smallest absolute Gasteiger partial charge is 0.225 e. The second-order valence-corrected chi connectivity index (χ2v) is 3.61. The van der Waals surface area contributed by atoms with Crippen LogP contribution in [0.5, 0.6) is 0 Å². The molecule has 0 aromatic carbocycles. The van der Waals surface area contributed by atoms with E-state index in [2.05, 4.69) is 10.3 Å². The number of nitrogens with two attached hydrogens (primary N) is 1. The van der Waals surface area contributed by atoms with E-state index in [1.54, 1.807) is 10.7 Å². The van der Waals surface area contributed by atoms with Gasteiger partial charge < -0.3 is 10.3 Å². The van der Waals surface area contributed by atoms with Crippen molar-refractivity contribution < 1.29 is 4.52 Å². The first-order valence-electron chi connectivity index (χ1n) is 4.92. The molecule has 3 aromatic heterocycles. The van der Waals surface area contributed by atoms with E-state index >= 15 is 0 Å². The molecule has 0 aliphatic carbocycles. The molecule has 3 aromatic rings. The molecule has 16 heavy (non-hydrogen) atoms. The average molecular weight is 214 g/mol. The molecule has 0 spiro atoms. The Kier molecular flexibility index (Phi) is 1.73. The number of fused-ring (bicyclic) bond motifs is 1. The van der Waals surface area contributed by atoms with Crippen molar-refractivity contribution in [3.05, 3.63) is 36.2 Å². The number of nitrogens with zero attached hydrogens (tertiary/aromatic N) is 3. The maximum absolute atomic E-state index is 5.63. The Labute approximate surface area is 91.5 Å². The van der Waals surface area contributed by atoms with Gasteiger partial charge in [0.1, 0.15) is 5.69 Å². The molecule has 5 nitrogen and oxygen atoms in total. The number of anilines is 1. The van der Waals surface area contributed by atoms with Crippen LogP contribution in [0.25, 0.3) is 16.8 Å². The van der Waals surface area contributed by atoms with Crippen molar-refractivity contribution in [1.82, 2.24) is 14.8 Å². The molecule has 2 N–H and O–H groups in total. The molecule has 0 radical (unpaired) electrons. The summed E-state index contributed by atoms with van der Waals surface area (Å²) in [6, 6.07) is 5.86. The average Bonchev–Trinajstić information content (AvgIpc) is 2.85. The van der Waals surface area contributed by atoms with Crippen LogP contribution in [0.3, 0.4) is 0 Å². The van der Waals surface area contributed by atoms with Crippen molar-refractivity contribution in [2.45, 2.75) is 6.92 Å². The van der Waals surface area contributed by atoms with Gasteiger partial charge in [-0.1, -0.05) is 11.2 Å². The maximum Gasteiger partial charge on any atom is 0.225 e. The SMILES string of the molecule is Cc1c(-c2cnn3ccccc23)noc1N. The van der Waals surface area contributed by atoms with Crippen molar-refractivity contribution in [3.63, 3.8) is 0 Å². The van der Waals surface area contributed by atoms with Gasteiger partial charge in [-0.25, -0.2) is 4.52 Å². The molecule has 0 unspecified atom stereocenters. The third-order valence-electron chi connectivity index (χ3n) is 2.64. The van der Waals surface area contributed by atoms with Crippen molar-refractivity contribution in [2.75, 3.05) is 5.73 Å². The first-order valence-corrected chi connectivity index (χ1v) is 4.92. The fraction of sp³-hybridized carbons (Fsp3) is 0.0909. The van der Waals surface area contributed by atoms with Crippen LogP contribution in [0.2, 0.25) is 0 Å². The van der Waals surface area contributed by atoms with Crippen molar-refractivity contribution >= 4 is 11.4 Å². The van der Waals surface area contributed by atoms with E-state index < -0.39 is 0 Å². The molecule has 0 amide bonds. The maximum atomic E-state index is 5.63. The molecule has 0 aliphatic heterocycles. The van der Waals surface area contributed by atoms with Gasteiger partial charge in [0.25, 0.3) is 0 Å². The minimum absolute atomic E-state index is 0.352. The molecule has 5 heteroatoms. The van der Waals surface area contributed by atoms with E-state index in [-0.39, 0.29) is 0 Å². The lowest BCUT2D eigenvalue weighted by molar-refractivity contribution is 0.439. The van der Waals surface area contributed by atoms with Gasteiger partial charge in [0.05, 0.1) is 11.7 Å². The van der Waals surface area contributed by atoms with Crippen molar-refractivity contribution in [3.8, 4) is 11.3 Å². The van der Waals surface area contributed by atoms with Crippen LogP contribution >= 0.6 is 0 Å². The van der Waals surface area contributed by atoms with Gasteiger partial charge in [0.2, 0.25) is 5.88 Å². The summed E-state index contributed by atoms with van der Waals surface area (Å²) in [5.41, 5.74) is 9.14. The second kappa shape index (κ2) is 3.10. The lowest BCUT2D eigenvalue weighted by Gasteiger charge is -1.95. The quantitative estimate of drug-likeness (QED) is 0.671. The first kappa shape index (κ1) is 8.96. The summed E-state index contributed by atoms with van der Waals surface area (Å²) < 4.78 is 6.75. The van der Waals surface area contributed by atoms with Crippen LogP contribution in [0.4, 0.5) is 5.88 Å². The summed E-state index contributed by atoms with van der Waals surface area (Å²) in [4.78, 5) is 0. The number of hydrogen-bond acceptors (Lipinski definition) is 4.